The zero-order valence-corrected chi connectivity index (χ0v) is 15.3. The molecule has 0 bridgehead atoms. The van der Waals surface area contributed by atoms with Crippen molar-refractivity contribution in [3.63, 3.8) is 0 Å². The molecule has 0 radical (unpaired) electrons. The Kier molecular flexibility index (Phi) is 6.41. The average Bonchev–Trinajstić information content (AvgIpc) is 2.71. The van der Waals surface area contributed by atoms with Gasteiger partial charge in [-0.3, -0.25) is 4.79 Å². The van der Waals surface area contributed by atoms with E-state index < -0.39 is 6.61 Å². The number of rotatable bonds is 7. The maximum Gasteiger partial charge on any atom is 0.387 e. The molecule has 6 nitrogen and oxygen atoms in total. The van der Waals surface area contributed by atoms with Crippen molar-refractivity contribution in [3.05, 3.63) is 53.6 Å². The van der Waals surface area contributed by atoms with Gasteiger partial charge in [-0.15, -0.1) is 0 Å². The second-order valence-corrected chi connectivity index (χ2v) is 6.07. The molecule has 0 atom stereocenters. The number of benzene rings is 2. The predicted octanol–water partition coefficient (Wildman–Crippen LogP) is 3.63. The summed E-state index contributed by atoms with van der Waals surface area (Å²) in [6.07, 6.45) is 3.22. The first kappa shape index (κ1) is 19.6. The van der Waals surface area contributed by atoms with Crippen LogP contribution in [0.2, 0.25) is 0 Å². The third-order valence-corrected chi connectivity index (χ3v) is 4.28. The van der Waals surface area contributed by atoms with Crippen molar-refractivity contribution in [3.8, 4) is 11.5 Å². The van der Waals surface area contributed by atoms with Gasteiger partial charge in [0.15, 0.2) is 18.1 Å². The number of anilines is 1. The number of halogens is 2. The fourth-order valence-electron chi connectivity index (χ4n) is 3.02. The van der Waals surface area contributed by atoms with Gasteiger partial charge >= 0.3 is 6.61 Å². The summed E-state index contributed by atoms with van der Waals surface area (Å²) in [5.41, 5.74) is 2.60. The smallest absolute Gasteiger partial charge is 0.387 e. The normalized spacial score (nSPS) is 13.5. The number of methoxy groups -OCH3 is 1. The summed E-state index contributed by atoms with van der Waals surface area (Å²) in [5, 5.41) is 3.78. The first-order valence-corrected chi connectivity index (χ1v) is 8.75. The number of alkyl halides is 2. The lowest BCUT2D eigenvalue weighted by Gasteiger charge is -2.28. The lowest BCUT2D eigenvalue weighted by atomic mass is 10.0. The molecule has 3 rings (SSSR count). The van der Waals surface area contributed by atoms with E-state index in [1.165, 1.54) is 31.5 Å². The molecule has 1 heterocycles. The quantitative estimate of drug-likeness (QED) is 0.535. The molecule has 0 unspecified atom stereocenters. The largest absolute Gasteiger partial charge is 0.493 e. The van der Waals surface area contributed by atoms with Crippen LogP contribution < -0.4 is 14.4 Å². The number of amides is 1. The maximum atomic E-state index is 12.4. The van der Waals surface area contributed by atoms with Gasteiger partial charge in [0.1, 0.15) is 0 Å². The molecular weight excluding hydrogens is 370 g/mol. The van der Waals surface area contributed by atoms with Crippen LogP contribution in [0.5, 0.6) is 11.5 Å². The van der Waals surface area contributed by atoms with E-state index in [4.69, 9.17) is 9.57 Å². The second-order valence-electron chi connectivity index (χ2n) is 6.07. The number of nitrogens with zero attached hydrogens (tertiary/aromatic N) is 2. The van der Waals surface area contributed by atoms with Gasteiger partial charge in [0, 0.05) is 17.8 Å². The predicted molar refractivity (Wildman–Crippen MR) is 100 cm³/mol. The molecule has 0 aromatic heterocycles. The van der Waals surface area contributed by atoms with Gasteiger partial charge in [-0.25, -0.2) is 0 Å². The summed E-state index contributed by atoms with van der Waals surface area (Å²) in [6, 6.07) is 12.1. The molecule has 1 aliphatic rings. The van der Waals surface area contributed by atoms with Gasteiger partial charge in [0.25, 0.3) is 5.91 Å². The fraction of sp³-hybridized carbons (Fsp3) is 0.300. The highest BCUT2D eigenvalue weighted by Crippen LogP contribution is 2.29. The molecule has 0 saturated carbocycles. The number of aryl methyl sites for hydroxylation is 1. The molecule has 0 spiro atoms. The summed E-state index contributed by atoms with van der Waals surface area (Å²) in [7, 11) is 1.35. The van der Waals surface area contributed by atoms with Crippen LogP contribution in [0.15, 0.2) is 47.6 Å². The number of fused-ring (bicyclic) bond motifs is 1. The van der Waals surface area contributed by atoms with Gasteiger partial charge in [-0.05, 0) is 42.7 Å². The van der Waals surface area contributed by atoms with Gasteiger partial charge in [0.2, 0.25) is 0 Å². The molecule has 2 aromatic rings. The highest BCUT2D eigenvalue weighted by molar-refractivity contribution is 5.95. The van der Waals surface area contributed by atoms with Gasteiger partial charge in [-0.1, -0.05) is 23.4 Å². The standard InChI is InChI=1S/C20H20F2N2O4/c1-26-18-11-14(8-9-17(18)28-20(21)22)12-23-27-13-19(25)24-10-4-6-15-5-2-3-7-16(15)24/h2-3,5,7-9,11-12,20H,4,6,10,13H2,1H3. The molecule has 0 fully saturated rings. The van der Waals surface area contributed by atoms with Gasteiger partial charge < -0.3 is 19.2 Å². The summed E-state index contributed by atoms with van der Waals surface area (Å²) in [6.45, 7) is -2.50. The first-order valence-electron chi connectivity index (χ1n) is 8.75. The number of carbonyl (C=O) groups is 1. The molecule has 0 saturated heterocycles. The average molecular weight is 390 g/mol. The fourth-order valence-corrected chi connectivity index (χ4v) is 3.02. The lowest BCUT2D eigenvalue weighted by Crippen LogP contribution is -2.37. The van der Waals surface area contributed by atoms with Crippen LogP contribution in [0.3, 0.4) is 0 Å². The Morgan fingerprint density at radius 2 is 2.07 bits per heavy atom. The number of oxime groups is 1. The van der Waals surface area contributed by atoms with Crippen LogP contribution in [0.25, 0.3) is 0 Å². The highest BCUT2D eigenvalue weighted by Gasteiger charge is 2.22. The summed E-state index contributed by atoms with van der Waals surface area (Å²) in [5.74, 6) is -0.109. The molecular formula is C20H20F2N2O4. The van der Waals surface area contributed by atoms with E-state index in [0.717, 1.165) is 24.1 Å². The number of carbonyl (C=O) groups excluding carboxylic acids is 1. The second kappa shape index (κ2) is 9.16. The van der Waals surface area contributed by atoms with Crippen molar-refractivity contribution >= 4 is 17.8 Å². The lowest BCUT2D eigenvalue weighted by molar-refractivity contribution is -0.123. The molecule has 0 N–H and O–H groups in total. The van der Waals surface area contributed by atoms with Gasteiger partial charge in [0.05, 0.1) is 13.3 Å². The van der Waals surface area contributed by atoms with Crippen molar-refractivity contribution in [1.29, 1.82) is 0 Å². The Balaban J connectivity index is 1.58. The van der Waals surface area contributed by atoms with E-state index in [1.807, 2.05) is 24.3 Å². The number of hydrogen-bond acceptors (Lipinski definition) is 5. The van der Waals surface area contributed by atoms with Crippen LogP contribution in [-0.4, -0.2) is 39.0 Å². The van der Waals surface area contributed by atoms with E-state index in [2.05, 4.69) is 9.89 Å². The molecule has 2 aromatic carbocycles. The first-order chi connectivity index (χ1) is 13.6. The molecule has 0 aliphatic carbocycles. The topological polar surface area (TPSA) is 60.4 Å². The van der Waals surface area contributed by atoms with Crippen LogP contribution in [-0.2, 0) is 16.1 Å². The monoisotopic (exact) mass is 390 g/mol. The van der Waals surface area contributed by atoms with Crippen LogP contribution >= 0.6 is 0 Å². The zero-order valence-electron chi connectivity index (χ0n) is 15.3. The third-order valence-electron chi connectivity index (χ3n) is 4.28. The van der Waals surface area contributed by atoms with Crippen molar-refractivity contribution < 1.29 is 27.9 Å². The Morgan fingerprint density at radius 1 is 1.25 bits per heavy atom. The van der Waals surface area contributed by atoms with Crippen LogP contribution in [0, 0.1) is 0 Å². The SMILES string of the molecule is COc1cc(C=NOCC(=O)N2CCCc3ccccc32)ccc1OC(F)F. The van der Waals surface area contributed by atoms with Crippen LogP contribution in [0.4, 0.5) is 14.5 Å². The zero-order chi connectivity index (χ0) is 19.9. The van der Waals surface area contributed by atoms with Crippen LogP contribution in [0.1, 0.15) is 17.5 Å². The van der Waals surface area contributed by atoms with E-state index in [1.54, 1.807) is 4.90 Å². The number of para-hydroxylation sites is 1. The minimum absolute atomic E-state index is 0.0745. The summed E-state index contributed by atoms with van der Waals surface area (Å²) >= 11 is 0. The van der Waals surface area contributed by atoms with E-state index in [0.29, 0.717) is 12.1 Å². The highest BCUT2D eigenvalue weighted by atomic mass is 19.3. The Bertz CT molecular complexity index is 858. The Hall–Kier alpha value is -3.16. The number of ether oxygens (including phenoxy) is 2. The molecule has 8 heteroatoms. The molecule has 28 heavy (non-hydrogen) atoms. The minimum Gasteiger partial charge on any atom is -0.493 e. The Morgan fingerprint density at radius 3 is 2.86 bits per heavy atom. The van der Waals surface area contributed by atoms with Crippen molar-refractivity contribution in [2.75, 3.05) is 25.2 Å². The maximum absolute atomic E-state index is 12.4. The summed E-state index contributed by atoms with van der Waals surface area (Å²) in [4.78, 5) is 19.3. The van der Waals surface area contributed by atoms with Gasteiger partial charge in [-0.2, -0.15) is 8.78 Å². The van der Waals surface area contributed by atoms with Crippen molar-refractivity contribution in [2.24, 2.45) is 5.16 Å². The molecule has 148 valence electrons. The van der Waals surface area contributed by atoms with E-state index >= 15 is 0 Å². The van der Waals surface area contributed by atoms with E-state index in [-0.39, 0.29) is 24.0 Å². The summed E-state index contributed by atoms with van der Waals surface area (Å²) < 4.78 is 34.1. The number of hydrogen-bond donors (Lipinski definition) is 0. The Labute approximate surface area is 161 Å². The molecule has 1 aliphatic heterocycles. The van der Waals surface area contributed by atoms with E-state index in [9.17, 15) is 13.6 Å². The minimum atomic E-state index is -2.94. The van der Waals surface area contributed by atoms with Crippen molar-refractivity contribution in [1.82, 2.24) is 0 Å². The van der Waals surface area contributed by atoms with Crippen molar-refractivity contribution in [2.45, 2.75) is 19.5 Å². The molecule has 1 amide bonds. The third kappa shape index (κ3) is 4.76.